The number of para-hydroxylation sites is 1. The van der Waals surface area contributed by atoms with Gasteiger partial charge in [-0.2, -0.15) is 0 Å². The summed E-state index contributed by atoms with van der Waals surface area (Å²) in [6.45, 7) is 4.66. The Balaban J connectivity index is 2.18. The minimum atomic E-state index is -0.444. The Labute approximate surface area is 149 Å². The zero-order chi connectivity index (χ0) is 19.0. The van der Waals surface area contributed by atoms with Crippen molar-refractivity contribution < 1.29 is 9.21 Å². The fraction of sp³-hybridized carbons (Fsp3) is 0.211. The van der Waals surface area contributed by atoms with Crippen LogP contribution in [0.4, 0.5) is 11.6 Å². The van der Waals surface area contributed by atoms with E-state index in [0.29, 0.717) is 17.1 Å². The van der Waals surface area contributed by atoms with Gasteiger partial charge in [0, 0.05) is 13.1 Å². The molecule has 0 radical (unpaired) electrons. The van der Waals surface area contributed by atoms with Gasteiger partial charge >= 0.3 is 0 Å². The van der Waals surface area contributed by atoms with Crippen LogP contribution in [0.3, 0.4) is 0 Å². The van der Waals surface area contributed by atoms with Crippen molar-refractivity contribution in [3.8, 4) is 5.69 Å². The molecule has 2 aromatic heterocycles. The molecule has 0 saturated heterocycles. The van der Waals surface area contributed by atoms with Crippen molar-refractivity contribution in [2.45, 2.75) is 20.8 Å². The first kappa shape index (κ1) is 17.5. The smallest absolute Gasteiger partial charge is 0.295 e. The lowest BCUT2D eigenvalue weighted by Crippen LogP contribution is -2.21. The molecule has 0 fully saturated rings. The molecule has 134 valence electrons. The van der Waals surface area contributed by atoms with Crippen LogP contribution < -0.4 is 16.3 Å². The maximum atomic E-state index is 12.9. The lowest BCUT2D eigenvalue weighted by Gasteiger charge is -2.08. The molecule has 7 heteroatoms. The quantitative estimate of drug-likeness (QED) is 0.729. The number of carbonyl (C=O) groups excluding carboxylic acids is 1. The molecule has 3 rings (SSSR count). The predicted octanol–water partition coefficient (Wildman–Crippen LogP) is 2.69. The highest BCUT2D eigenvalue weighted by atomic mass is 16.4. The maximum Gasteiger partial charge on any atom is 0.295 e. The first-order valence-corrected chi connectivity index (χ1v) is 8.08. The van der Waals surface area contributed by atoms with Gasteiger partial charge in [0.1, 0.15) is 17.0 Å². The van der Waals surface area contributed by atoms with Gasteiger partial charge in [0.05, 0.1) is 11.4 Å². The highest BCUT2D eigenvalue weighted by molar-refractivity contribution is 5.98. The van der Waals surface area contributed by atoms with Crippen LogP contribution >= 0.6 is 0 Å². The van der Waals surface area contributed by atoms with E-state index in [1.54, 1.807) is 25.6 Å². The zero-order valence-corrected chi connectivity index (χ0v) is 15.0. The summed E-state index contributed by atoms with van der Waals surface area (Å²) in [7, 11) is 1.76. The van der Waals surface area contributed by atoms with Gasteiger partial charge in [0.2, 0.25) is 5.88 Å². The highest BCUT2D eigenvalue weighted by Gasteiger charge is 2.21. The SMILES string of the molecule is CC(=O)c1c(Nc2c(C)n(C)n(-c3ccccc3)c2=O)oc(C)cc1=O. The van der Waals surface area contributed by atoms with Gasteiger partial charge in [-0.05, 0) is 32.9 Å². The van der Waals surface area contributed by atoms with Crippen molar-refractivity contribution in [3.63, 3.8) is 0 Å². The predicted molar refractivity (Wildman–Crippen MR) is 98.7 cm³/mol. The minimum Gasteiger partial charge on any atom is -0.445 e. The first-order chi connectivity index (χ1) is 12.3. The largest absolute Gasteiger partial charge is 0.445 e. The number of nitrogens with one attached hydrogen (secondary N) is 1. The lowest BCUT2D eigenvalue weighted by molar-refractivity contribution is 0.101. The molecule has 0 aliphatic carbocycles. The number of rotatable bonds is 4. The number of hydrogen-bond acceptors (Lipinski definition) is 5. The fourth-order valence-corrected chi connectivity index (χ4v) is 2.86. The Morgan fingerprint density at radius 2 is 1.77 bits per heavy atom. The van der Waals surface area contributed by atoms with Crippen LogP contribution in [0.5, 0.6) is 0 Å². The van der Waals surface area contributed by atoms with E-state index >= 15 is 0 Å². The Morgan fingerprint density at radius 1 is 1.12 bits per heavy atom. The number of hydrogen-bond donors (Lipinski definition) is 1. The topological polar surface area (TPSA) is 86.2 Å². The number of nitrogens with zero attached hydrogens (tertiary/aromatic N) is 2. The number of aryl methyl sites for hydroxylation is 1. The van der Waals surface area contributed by atoms with Gasteiger partial charge in [-0.3, -0.25) is 19.1 Å². The van der Waals surface area contributed by atoms with E-state index in [1.807, 2.05) is 30.3 Å². The van der Waals surface area contributed by atoms with Crippen LogP contribution in [0.1, 0.15) is 28.7 Å². The van der Waals surface area contributed by atoms with Crippen LogP contribution in [0.25, 0.3) is 5.69 Å². The summed E-state index contributed by atoms with van der Waals surface area (Å²) in [6.07, 6.45) is 0. The summed E-state index contributed by atoms with van der Waals surface area (Å²) in [6, 6.07) is 10.4. The molecule has 0 bridgehead atoms. The van der Waals surface area contributed by atoms with Crippen LogP contribution in [0.2, 0.25) is 0 Å². The van der Waals surface area contributed by atoms with E-state index in [4.69, 9.17) is 4.42 Å². The zero-order valence-electron chi connectivity index (χ0n) is 15.0. The third-order valence-corrected chi connectivity index (χ3v) is 4.22. The van der Waals surface area contributed by atoms with Crippen LogP contribution in [0, 0.1) is 13.8 Å². The van der Waals surface area contributed by atoms with Gasteiger partial charge in [-0.25, -0.2) is 4.68 Å². The Hall–Kier alpha value is -3.35. The standard InChI is InChI=1S/C19H19N3O4/c1-11-10-15(24)16(13(3)23)18(26-11)20-17-12(2)21(4)22(19(17)25)14-8-6-5-7-9-14/h5-10,20H,1-4H3. The second-order valence-corrected chi connectivity index (χ2v) is 6.04. The molecule has 0 aliphatic rings. The molecule has 0 amide bonds. The van der Waals surface area contributed by atoms with Crippen molar-refractivity contribution >= 4 is 17.4 Å². The highest BCUT2D eigenvalue weighted by Crippen LogP contribution is 2.22. The Bertz CT molecular complexity index is 1100. The average molecular weight is 353 g/mol. The molecule has 1 aromatic carbocycles. The monoisotopic (exact) mass is 353 g/mol. The van der Waals surface area contributed by atoms with Crippen LogP contribution in [0.15, 0.2) is 50.4 Å². The Morgan fingerprint density at radius 3 is 2.38 bits per heavy atom. The molecule has 3 aromatic rings. The van der Waals surface area contributed by atoms with E-state index in [0.717, 1.165) is 0 Å². The lowest BCUT2D eigenvalue weighted by atomic mass is 10.2. The third-order valence-electron chi connectivity index (χ3n) is 4.22. The number of carbonyl (C=O) groups is 1. The summed E-state index contributed by atoms with van der Waals surface area (Å²) < 4.78 is 8.72. The van der Waals surface area contributed by atoms with Gasteiger partial charge in [0.15, 0.2) is 11.2 Å². The second kappa shape index (κ2) is 6.51. The molecular weight excluding hydrogens is 334 g/mol. The minimum absolute atomic E-state index is 0.0199. The summed E-state index contributed by atoms with van der Waals surface area (Å²) in [5, 5.41) is 2.86. The molecule has 1 N–H and O–H groups in total. The molecule has 7 nitrogen and oxygen atoms in total. The molecule has 0 unspecified atom stereocenters. The summed E-state index contributed by atoms with van der Waals surface area (Å²) >= 11 is 0. The second-order valence-electron chi connectivity index (χ2n) is 6.04. The van der Waals surface area contributed by atoms with E-state index < -0.39 is 11.2 Å². The molecular formula is C19H19N3O4. The number of aromatic nitrogens is 2. The normalized spacial score (nSPS) is 10.8. The van der Waals surface area contributed by atoms with E-state index in [-0.39, 0.29) is 22.7 Å². The third kappa shape index (κ3) is 2.88. The number of ketones is 1. The van der Waals surface area contributed by atoms with Crippen LogP contribution in [-0.4, -0.2) is 15.1 Å². The molecule has 0 aliphatic heterocycles. The van der Waals surface area contributed by atoms with Gasteiger partial charge in [0.25, 0.3) is 5.56 Å². The van der Waals surface area contributed by atoms with Crippen molar-refractivity contribution in [2.24, 2.45) is 7.05 Å². The van der Waals surface area contributed by atoms with Crippen LogP contribution in [-0.2, 0) is 7.05 Å². The van der Waals surface area contributed by atoms with Gasteiger partial charge in [-0.1, -0.05) is 18.2 Å². The van der Waals surface area contributed by atoms with Crippen molar-refractivity contribution in [1.82, 2.24) is 9.36 Å². The molecule has 26 heavy (non-hydrogen) atoms. The number of anilines is 2. The maximum absolute atomic E-state index is 12.9. The molecule has 0 atom stereocenters. The van der Waals surface area contributed by atoms with E-state index in [2.05, 4.69) is 5.32 Å². The van der Waals surface area contributed by atoms with Gasteiger partial charge < -0.3 is 9.73 Å². The molecule has 2 heterocycles. The van der Waals surface area contributed by atoms with Crippen molar-refractivity contribution in [2.75, 3.05) is 5.32 Å². The van der Waals surface area contributed by atoms with Crippen molar-refractivity contribution in [1.29, 1.82) is 0 Å². The summed E-state index contributed by atoms with van der Waals surface area (Å²) in [5.74, 6) is -0.105. The fourth-order valence-electron chi connectivity index (χ4n) is 2.86. The summed E-state index contributed by atoms with van der Waals surface area (Å²) in [5.41, 5.74) is 0.721. The molecule has 0 spiro atoms. The average Bonchev–Trinajstić information content (AvgIpc) is 2.78. The van der Waals surface area contributed by atoms with Gasteiger partial charge in [-0.15, -0.1) is 0 Å². The van der Waals surface area contributed by atoms with Crippen molar-refractivity contribution in [3.05, 3.63) is 74.0 Å². The number of Topliss-reactive ketones (excluding diaryl/α,β-unsaturated/α-hetero) is 1. The first-order valence-electron chi connectivity index (χ1n) is 8.08. The Kier molecular flexibility index (Phi) is 4.38. The van der Waals surface area contributed by atoms with E-state index in [9.17, 15) is 14.4 Å². The summed E-state index contributed by atoms with van der Waals surface area (Å²) in [4.78, 5) is 37.0. The van der Waals surface area contributed by atoms with E-state index in [1.165, 1.54) is 17.7 Å². The number of benzene rings is 1. The molecule has 0 saturated carbocycles.